The van der Waals surface area contributed by atoms with Crippen LogP contribution in [0.25, 0.3) is 27.9 Å². The molecule has 1 amide bonds. The first-order valence-electron chi connectivity index (χ1n) is 9.58. The van der Waals surface area contributed by atoms with Gasteiger partial charge in [0.25, 0.3) is 5.91 Å². The van der Waals surface area contributed by atoms with Gasteiger partial charge in [-0.25, -0.2) is 9.78 Å². The number of hydrogen-bond donors (Lipinski definition) is 1. The smallest absolute Gasteiger partial charge is 0.349 e. The van der Waals surface area contributed by atoms with Crippen molar-refractivity contribution in [1.29, 1.82) is 0 Å². The number of rotatable bonds is 3. The minimum absolute atomic E-state index is 0.0637. The molecule has 2 aromatic carbocycles. The van der Waals surface area contributed by atoms with E-state index in [0.717, 1.165) is 26.9 Å². The second-order valence-electron chi connectivity index (χ2n) is 7.18. The molecule has 0 radical (unpaired) electrons. The van der Waals surface area contributed by atoms with Crippen LogP contribution in [0.5, 0.6) is 0 Å². The van der Waals surface area contributed by atoms with Crippen LogP contribution in [-0.2, 0) is 0 Å². The van der Waals surface area contributed by atoms with Crippen molar-refractivity contribution in [2.24, 2.45) is 0 Å². The maximum atomic E-state index is 13.0. The van der Waals surface area contributed by atoms with Crippen LogP contribution in [0.2, 0.25) is 0 Å². The molecule has 0 bridgehead atoms. The maximum Gasteiger partial charge on any atom is 0.349 e. The van der Waals surface area contributed by atoms with Crippen molar-refractivity contribution >= 4 is 44.1 Å². The van der Waals surface area contributed by atoms with E-state index in [-0.39, 0.29) is 5.56 Å². The Bertz CT molecular complexity index is 1530. The fourth-order valence-corrected chi connectivity index (χ4v) is 3.92. The molecule has 5 rings (SSSR count). The van der Waals surface area contributed by atoms with Gasteiger partial charge in [-0.2, -0.15) is 0 Å². The van der Waals surface area contributed by atoms with E-state index in [1.807, 2.05) is 54.0 Å². The fraction of sp³-hybridized carbons (Fsp3) is 0.0417. The van der Waals surface area contributed by atoms with E-state index in [2.05, 4.69) is 21.2 Å². The lowest BCUT2D eigenvalue weighted by Gasteiger charge is -2.09. The number of imidazole rings is 1. The Morgan fingerprint density at radius 2 is 1.94 bits per heavy atom. The molecule has 7 heteroatoms. The molecule has 3 heterocycles. The third-order valence-corrected chi connectivity index (χ3v) is 5.56. The number of hydrogen-bond acceptors (Lipinski definition) is 4. The number of fused-ring (bicyclic) bond motifs is 2. The van der Waals surface area contributed by atoms with Gasteiger partial charge in [-0.15, -0.1) is 0 Å². The molecule has 3 aromatic heterocycles. The van der Waals surface area contributed by atoms with Gasteiger partial charge in [-0.1, -0.05) is 40.2 Å². The molecule has 0 atom stereocenters. The summed E-state index contributed by atoms with van der Waals surface area (Å²) in [6.45, 7) is 2.00. The Morgan fingerprint density at radius 3 is 2.77 bits per heavy atom. The lowest BCUT2D eigenvalue weighted by Crippen LogP contribution is -2.21. The molecular weight excluding hydrogens is 458 g/mol. The summed E-state index contributed by atoms with van der Waals surface area (Å²) >= 11 is 3.39. The largest absolute Gasteiger partial charge is 0.422 e. The molecule has 0 aliphatic carbocycles. The highest BCUT2D eigenvalue weighted by molar-refractivity contribution is 9.10. The van der Waals surface area contributed by atoms with Crippen LogP contribution < -0.4 is 10.9 Å². The molecular formula is C24H16BrN3O3. The number of aryl methyl sites for hydroxylation is 1. The summed E-state index contributed by atoms with van der Waals surface area (Å²) in [6.07, 6.45) is 3.84. The first-order chi connectivity index (χ1) is 15.0. The van der Waals surface area contributed by atoms with E-state index in [0.29, 0.717) is 16.7 Å². The summed E-state index contributed by atoms with van der Waals surface area (Å²) in [4.78, 5) is 30.1. The number of benzene rings is 2. The molecule has 0 unspecified atom stereocenters. The topological polar surface area (TPSA) is 76.6 Å². The van der Waals surface area contributed by atoms with E-state index < -0.39 is 11.5 Å². The van der Waals surface area contributed by atoms with E-state index in [4.69, 9.17) is 9.40 Å². The number of para-hydroxylation sites is 1. The van der Waals surface area contributed by atoms with Gasteiger partial charge in [0.05, 0.1) is 11.4 Å². The van der Waals surface area contributed by atoms with Gasteiger partial charge in [-0.05, 0) is 48.9 Å². The van der Waals surface area contributed by atoms with Crippen LogP contribution >= 0.6 is 15.9 Å². The Hall–Kier alpha value is -3.71. The number of amides is 1. The molecule has 0 aliphatic rings. The highest BCUT2D eigenvalue weighted by Gasteiger charge is 2.17. The summed E-state index contributed by atoms with van der Waals surface area (Å²) in [7, 11) is 0. The molecule has 152 valence electrons. The first kappa shape index (κ1) is 19.3. The van der Waals surface area contributed by atoms with Crippen molar-refractivity contribution < 1.29 is 9.21 Å². The maximum absolute atomic E-state index is 13.0. The average Bonchev–Trinajstić information content (AvgIpc) is 3.19. The monoisotopic (exact) mass is 473 g/mol. The number of halogens is 1. The van der Waals surface area contributed by atoms with Crippen molar-refractivity contribution in [3.8, 4) is 11.3 Å². The molecule has 6 nitrogen and oxygen atoms in total. The fourth-order valence-electron chi connectivity index (χ4n) is 3.54. The van der Waals surface area contributed by atoms with Gasteiger partial charge < -0.3 is 14.1 Å². The summed E-state index contributed by atoms with van der Waals surface area (Å²) in [6, 6.07) is 18.1. The van der Waals surface area contributed by atoms with E-state index in [1.54, 1.807) is 24.3 Å². The zero-order chi connectivity index (χ0) is 21.5. The van der Waals surface area contributed by atoms with Gasteiger partial charge >= 0.3 is 5.63 Å². The van der Waals surface area contributed by atoms with Crippen LogP contribution in [0.15, 0.2) is 86.7 Å². The van der Waals surface area contributed by atoms with Crippen molar-refractivity contribution in [3.63, 3.8) is 0 Å². The van der Waals surface area contributed by atoms with Crippen molar-refractivity contribution in [2.75, 3.05) is 5.32 Å². The Labute approximate surface area is 185 Å². The number of pyridine rings is 1. The van der Waals surface area contributed by atoms with Crippen LogP contribution in [0, 0.1) is 6.92 Å². The van der Waals surface area contributed by atoms with Crippen molar-refractivity contribution in [1.82, 2.24) is 9.38 Å². The zero-order valence-corrected chi connectivity index (χ0v) is 18.0. The number of aromatic nitrogens is 2. The summed E-state index contributed by atoms with van der Waals surface area (Å²) in [5, 5.41) is 3.50. The molecule has 0 spiro atoms. The molecule has 5 aromatic rings. The highest BCUT2D eigenvalue weighted by atomic mass is 79.9. The SMILES string of the molecule is Cc1cccn2cc(-c3ccccc3NC(=O)c3cc4cc(Br)ccc4oc3=O)nc12. The number of carbonyl (C=O) groups excluding carboxylic acids is 1. The second kappa shape index (κ2) is 7.52. The summed E-state index contributed by atoms with van der Waals surface area (Å²) < 4.78 is 8.09. The normalized spacial score (nSPS) is 11.2. The second-order valence-corrected chi connectivity index (χ2v) is 8.09. The lowest BCUT2D eigenvalue weighted by molar-refractivity contribution is 0.102. The molecule has 0 fully saturated rings. The van der Waals surface area contributed by atoms with Gasteiger partial charge in [-0.3, -0.25) is 4.79 Å². The first-order valence-corrected chi connectivity index (χ1v) is 10.4. The molecule has 31 heavy (non-hydrogen) atoms. The molecule has 1 N–H and O–H groups in total. The van der Waals surface area contributed by atoms with Crippen molar-refractivity contribution in [3.05, 3.63) is 99.1 Å². The Balaban J connectivity index is 1.54. The quantitative estimate of drug-likeness (QED) is 0.354. The molecule has 0 aliphatic heterocycles. The molecule has 0 saturated carbocycles. The van der Waals surface area contributed by atoms with E-state index >= 15 is 0 Å². The van der Waals surface area contributed by atoms with Gasteiger partial charge in [0, 0.05) is 27.8 Å². The van der Waals surface area contributed by atoms with Gasteiger partial charge in [0.1, 0.15) is 16.8 Å². The minimum atomic E-state index is -0.687. The zero-order valence-electron chi connectivity index (χ0n) is 16.4. The summed E-state index contributed by atoms with van der Waals surface area (Å²) in [5.41, 5.74) is 3.60. The number of carbonyl (C=O) groups is 1. The van der Waals surface area contributed by atoms with Crippen LogP contribution in [0.4, 0.5) is 5.69 Å². The average molecular weight is 474 g/mol. The number of nitrogens with zero attached hydrogens (tertiary/aromatic N) is 2. The predicted octanol–water partition coefficient (Wildman–Crippen LogP) is 5.43. The summed E-state index contributed by atoms with van der Waals surface area (Å²) in [5.74, 6) is -0.539. The Morgan fingerprint density at radius 1 is 1.10 bits per heavy atom. The Kier molecular flexibility index (Phi) is 4.67. The van der Waals surface area contributed by atoms with Gasteiger partial charge in [0.2, 0.25) is 0 Å². The van der Waals surface area contributed by atoms with E-state index in [1.165, 1.54) is 6.07 Å². The van der Waals surface area contributed by atoms with Crippen molar-refractivity contribution in [2.45, 2.75) is 6.92 Å². The van der Waals surface area contributed by atoms with Crippen LogP contribution in [0.1, 0.15) is 15.9 Å². The van der Waals surface area contributed by atoms with Crippen LogP contribution in [-0.4, -0.2) is 15.3 Å². The lowest BCUT2D eigenvalue weighted by atomic mass is 10.1. The standard InChI is InChI=1S/C24H16BrN3O3/c1-14-5-4-10-28-13-20(26-22(14)28)17-6-2-3-7-19(17)27-23(29)18-12-15-11-16(25)8-9-21(15)31-24(18)30/h2-13H,1H3,(H,27,29). The number of nitrogens with one attached hydrogen (secondary N) is 1. The number of anilines is 1. The van der Waals surface area contributed by atoms with Crippen LogP contribution in [0.3, 0.4) is 0 Å². The third kappa shape index (κ3) is 3.53. The predicted molar refractivity (Wildman–Crippen MR) is 124 cm³/mol. The minimum Gasteiger partial charge on any atom is -0.422 e. The van der Waals surface area contributed by atoms with Gasteiger partial charge in [0.15, 0.2) is 0 Å². The third-order valence-electron chi connectivity index (χ3n) is 5.07. The molecule has 0 saturated heterocycles. The van der Waals surface area contributed by atoms with E-state index in [9.17, 15) is 9.59 Å². The highest BCUT2D eigenvalue weighted by Crippen LogP contribution is 2.28.